The lowest BCUT2D eigenvalue weighted by molar-refractivity contribution is -0.145. The van der Waals surface area contributed by atoms with Gasteiger partial charge in [0, 0.05) is 0 Å². The van der Waals surface area contributed by atoms with Crippen LogP contribution in [0, 0.1) is 23.2 Å². The number of carbonyl (C=O) groups is 1. The Morgan fingerprint density at radius 2 is 2.13 bits per heavy atom. The number of aliphatic carboxylic acids is 1. The third-order valence-electron chi connectivity index (χ3n) is 4.48. The van der Waals surface area contributed by atoms with Crippen LogP contribution in [-0.2, 0) is 4.79 Å². The Balaban J connectivity index is 2.64. The van der Waals surface area contributed by atoms with E-state index in [4.69, 9.17) is 5.11 Å². The zero-order chi connectivity index (χ0) is 11.6. The molecule has 1 fully saturated rings. The van der Waals surface area contributed by atoms with E-state index in [1.165, 1.54) is 6.42 Å². The van der Waals surface area contributed by atoms with Crippen LogP contribution in [0.2, 0.25) is 0 Å². The summed E-state index contributed by atoms with van der Waals surface area (Å²) in [6, 6.07) is 0. The second-order valence-electron chi connectivity index (χ2n) is 5.78. The quantitative estimate of drug-likeness (QED) is 0.776. The van der Waals surface area contributed by atoms with Crippen molar-refractivity contribution in [3.8, 4) is 0 Å². The second kappa shape index (κ2) is 4.54. The standard InChI is InChI=1S/C13H24O2/c1-5-11(12(14)15)10-6-7-13(3,4)9(2)8-10/h9-11H,5-8H2,1-4H3,(H,14,15). The van der Waals surface area contributed by atoms with E-state index in [0.717, 1.165) is 19.3 Å². The van der Waals surface area contributed by atoms with Crippen LogP contribution in [0.5, 0.6) is 0 Å². The molecule has 0 amide bonds. The highest BCUT2D eigenvalue weighted by molar-refractivity contribution is 5.70. The normalized spacial score (nSPS) is 32.3. The summed E-state index contributed by atoms with van der Waals surface area (Å²) < 4.78 is 0. The average molecular weight is 212 g/mol. The SMILES string of the molecule is CCC(C(=O)O)C1CCC(C)(C)C(C)C1. The molecule has 0 spiro atoms. The molecule has 0 heterocycles. The molecule has 0 aromatic heterocycles. The summed E-state index contributed by atoms with van der Waals surface area (Å²) >= 11 is 0. The Bertz CT molecular complexity index is 233. The molecule has 1 aliphatic rings. The minimum atomic E-state index is -0.602. The van der Waals surface area contributed by atoms with Gasteiger partial charge in [-0.3, -0.25) is 4.79 Å². The Morgan fingerprint density at radius 1 is 1.53 bits per heavy atom. The molecule has 0 bridgehead atoms. The molecule has 1 rings (SSSR count). The molecule has 0 aromatic carbocycles. The van der Waals surface area contributed by atoms with Crippen LogP contribution in [0.3, 0.4) is 0 Å². The maximum atomic E-state index is 11.1. The van der Waals surface area contributed by atoms with Gasteiger partial charge in [-0.2, -0.15) is 0 Å². The first-order valence-electron chi connectivity index (χ1n) is 6.11. The van der Waals surface area contributed by atoms with E-state index in [-0.39, 0.29) is 5.92 Å². The first-order valence-corrected chi connectivity index (χ1v) is 6.11. The van der Waals surface area contributed by atoms with E-state index < -0.39 is 5.97 Å². The molecule has 0 aromatic rings. The number of rotatable bonds is 3. The highest BCUT2D eigenvalue weighted by Gasteiger charge is 2.37. The van der Waals surface area contributed by atoms with Crippen molar-refractivity contribution in [1.82, 2.24) is 0 Å². The van der Waals surface area contributed by atoms with Gasteiger partial charge in [-0.15, -0.1) is 0 Å². The zero-order valence-electron chi connectivity index (χ0n) is 10.4. The van der Waals surface area contributed by atoms with Crippen molar-refractivity contribution in [2.45, 2.75) is 53.4 Å². The van der Waals surface area contributed by atoms with Gasteiger partial charge in [-0.1, -0.05) is 27.7 Å². The van der Waals surface area contributed by atoms with Gasteiger partial charge >= 0.3 is 5.97 Å². The predicted octanol–water partition coefficient (Wildman–Crippen LogP) is 3.56. The third kappa shape index (κ3) is 2.73. The van der Waals surface area contributed by atoms with Gasteiger partial charge in [-0.25, -0.2) is 0 Å². The monoisotopic (exact) mass is 212 g/mol. The zero-order valence-corrected chi connectivity index (χ0v) is 10.4. The van der Waals surface area contributed by atoms with Crippen LogP contribution in [0.25, 0.3) is 0 Å². The first-order chi connectivity index (χ1) is 6.88. The van der Waals surface area contributed by atoms with Gasteiger partial charge in [0.2, 0.25) is 0 Å². The van der Waals surface area contributed by atoms with Crippen LogP contribution in [0.1, 0.15) is 53.4 Å². The fourth-order valence-electron chi connectivity index (χ4n) is 2.77. The lowest BCUT2D eigenvalue weighted by atomic mass is 9.63. The average Bonchev–Trinajstić information content (AvgIpc) is 2.12. The topological polar surface area (TPSA) is 37.3 Å². The summed E-state index contributed by atoms with van der Waals surface area (Å²) in [5.41, 5.74) is 0.396. The number of carboxylic acids is 1. The van der Waals surface area contributed by atoms with Gasteiger partial charge in [0.25, 0.3) is 0 Å². The van der Waals surface area contributed by atoms with Gasteiger partial charge in [0.15, 0.2) is 0 Å². The minimum absolute atomic E-state index is 0.122. The Hall–Kier alpha value is -0.530. The molecule has 0 radical (unpaired) electrons. The molecule has 0 aliphatic heterocycles. The number of hydrogen-bond donors (Lipinski definition) is 1. The molecule has 15 heavy (non-hydrogen) atoms. The molecule has 2 heteroatoms. The van der Waals surface area contributed by atoms with Crippen molar-refractivity contribution in [1.29, 1.82) is 0 Å². The highest BCUT2D eigenvalue weighted by atomic mass is 16.4. The summed E-state index contributed by atoms with van der Waals surface area (Å²) in [5.74, 6) is 0.318. The lowest BCUT2D eigenvalue weighted by Crippen LogP contribution is -2.35. The predicted molar refractivity (Wildman–Crippen MR) is 61.7 cm³/mol. The smallest absolute Gasteiger partial charge is 0.306 e. The van der Waals surface area contributed by atoms with Crippen LogP contribution < -0.4 is 0 Å². The molecule has 88 valence electrons. The van der Waals surface area contributed by atoms with Gasteiger partial charge < -0.3 is 5.11 Å². The Morgan fingerprint density at radius 3 is 2.53 bits per heavy atom. The van der Waals surface area contributed by atoms with E-state index in [9.17, 15) is 4.79 Å². The van der Waals surface area contributed by atoms with Crippen molar-refractivity contribution in [2.75, 3.05) is 0 Å². The van der Waals surface area contributed by atoms with Crippen LogP contribution >= 0.6 is 0 Å². The maximum absolute atomic E-state index is 11.1. The number of carboxylic acid groups (broad SMARTS) is 1. The maximum Gasteiger partial charge on any atom is 0.306 e. The summed E-state index contributed by atoms with van der Waals surface area (Å²) in [4.78, 5) is 11.1. The molecule has 1 aliphatic carbocycles. The third-order valence-corrected chi connectivity index (χ3v) is 4.48. The van der Waals surface area contributed by atoms with Crippen molar-refractivity contribution < 1.29 is 9.90 Å². The molecule has 3 atom stereocenters. The Labute approximate surface area is 93.1 Å². The van der Waals surface area contributed by atoms with E-state index in [0.29, 0.717) is 17.3 Å². The molecule has 1 N–H and O–H groups in total. The summed E-state index contributed by atoms with van der Waals surface area (Å²) in [7, 11) is 0. The van der Waals surface area contributed by atoms with Crippen LogP contribution in [0.4, 0.5) is 0 Å². The summed E-state index contributed by atoms with van der Waals surface area (Å²) in [6.45, 7) is 8.86. The number of hydrogen-bond acceptors (Lipinski definition) is 1. The second-order valence-corrected chi connectivity index (χ2v) is 5.78. The van der Waals surface area contributed by atoms with E-state index in [1.807, 2.05) is 6.92 Å². The van der Waals surface area contributed by atoms with Crippen molar-refractivity contribution in [3.63, 3.8) is 0 Å². The van der Waals surface area contributed by atoms with E-state index in [2.05, 4.69) is 20.8 Å². The fourth-order valence-corrected chi connectivity index (χ4v) is 2.77. The van der Waals surface area contributed by atoms with Gasteiger partial charge in [0.1, 0.15) is 0 Å². The molecule has 3 unspecified atom stereocenters. The molecule has 2 nitrogen and oxygen atoms in total. The van der Waals surface area contributed by atoms with Gasteiger partial charge in [-0.05, 0) is 42.9 Å². The molecular weight excluding hydrogens is 188 g/mol. The molecule has 0 saturated heterocycles. The largest absolute Gasteiger partial charge is 0.481 e. The minimum Gasteiger partial charge on any atom is -0.481 e. The Kier molecular flexibility index (Phi) is 3.80. The molecule has 1 saturated carbocycles. The van der Waals surface area contributed by atoms with Crippen molar-refractivity contribution in [3.05, 3.63) is 0 Å². The van der Waals surface area contributed by atoms with E-state index >= 15 is 0 Å². The lowest BCUT2D eigenvalue weighted by Gasteiger charge is -2.42. The summed E-state index contributed by atoms with van der Waals surface area (Å²) in [6.07, 6.45) is 4.11. The van der Waals surface area contributed by atoms with Crippen molar-refractivity contribution in [2.24, 2.45) is 23.2 Å². The van der Waals surface area contributed by atoms with Crippen LogP contribution in [-0.4, -0.2) is 11.1 Å². The fraction of sp³-hybridized carbons (Fsp3) is 0.923. The highest BCUT2D eigenvalue weighted by Crippen LogP contribution is 2.45. The summed E-state index contributed by atoms with van der Waals surface area (Å²) in [5, 5.41) is 9.14. The van der Waals surface area contributed by atoms with Crippen molar-refractivity contribution >= 4 is 5.97 Å². The van der Waals surface area contributed by atoms with E-state index in [1.54, 1.807) is 0 Å². The van der Waals surface area contributed by atoms with Gasteiger partial charge in [0.05, 0.1) is 5.92 Å². The van der Waals surface area contributed by atoms with Crippen LogP contribution in [0.15, 0.2) is 0 Å². The molecular formula is C13H24O2. The first kappa shape index (κ1) is 12.5.